The number of hydrogen-bond donors (Lipinski definition) is 0. The molecule has 0 aliphatic carbocycles. The second-order valence-corrected chi connectivity index (χ2v) is 6.06. The second-order valence-electron chi connectivity index (χ2n) is 4.50. The molecular weight excluding hydrogens is 346 g/mol. The highest BCUT2D eigenvalue weighted by atomic mass is 79.9. The number of rotatable bonds is 3. The molecule has 0 saturated carbocycles. The van der Waals surface area contributed by atoms with Crippen molar-refractivity contribution in [1.29, 1.82) is 0 Å². The lowest BCUT2D eigenvalue weighted by molar-refractivity contribution is -0.129. The summed E-state index contributed by atoms with van der Waals surface area (Å²) < 4.78 is 1.07. The smallest absolute Gasteiger partial charge is 0.223 e. The quantitative estimate of drug-likeness (QED) is 0.751. The van der Waals surface area contributed by atoms with E-state index in [2.05, 4.69) is 50.9 Å². The van der Waals surface area contributed by atoms with Crippen molar-refractivity contribution in [2.45, 2.75) is 19.4 Å². The van der Waals surface area contributed by atoms with Crippen LogP contribution < -0.4 is 0 Å². The first-order valence-electron chi connectivity index (χ1n) is 5.72. The summed E-state index contributed by atoms with van der Waals surface area (Å²) in [5, 5.41) is 0.905. The minimum Gasteiger partial charge on any atom is -0.336 e. The van der Waals surface area contributed by atoms with E-state index in [0.717, 1.165) is 16.3 Å². The number of benzene rings is 1. The van der Waals surface area contributed by atoms with E-state index in [9.17, 15) is 4.79 Å². The molecule has 0 bridgehead atoms. The Hall–Kier alpha value is -0.350. The molecule has 0 N–H and O–H groups in total. The highest BCUT2D eigenvalue weighted by Gasteiger charge is 2.32. The SMILES string of the molecule is C[C@@H](c1ccc(Br)cc1)N1CC(CBr)CC1=O. The van der Waals surface area contributed by atoms with Crippen molar-refractivity contribution < 1.29 is 4.79 Å². The lowest BCUT2D eigenvalue weighted by Crippen LogP contribution is -2.28. The van der Waals surface area contributed by atoms with Crippen molar-refractivity contribution in [2.24, 2.45) is 5.92 Å². The van der Waals surface area contributed by atoms with E-state index in [0.29, 0.717) is 12.3 Å². The van der Waals surface area contributed by atoms with E-state index >= 15 is 0 Å². The summed E-state index contributed by atoms with van der Waals surface area (Å²) in [6, 6.07) is 8.36. The van der Waals surface area contributed by atoms with Crippen LogP contribution in [0.15, 0.2) is 28.7 Å². The van der Waals surface area contributed by atoms with E-state index in [1.807, 2.05) is 17.0 Å². The van der Waals surface area contributed by atoms with Crippen molar-refractivity contribution in [2.75, 3.05) is 11.9 Å². The molecule has 92 valence electrons. The molecule has 1 unspecified atom stereocenters. The number of carbonyl (C=O) groups is 1. The van der Waals surface area contributed by atoms with Crippen LogP contribution in [-0.4, -0.2) is 22.7 Å². The molecule has 0 radical (unpaired) electrons. The second kappa shape index (κ2) is 5.53. The number of carbonyl (C=O) groups excluding carboxylic acids is 1. The molecule has 2 nitrogen and oxygen atoms in total. The molecule has 1 amide bonds. The number of alkyl halides is 1. The van der Waals surface area contributed by atoms with Gasteiger partial charge in [0.2, 0.25) is 5.91 Å². The van der Waals surface area contributed by atoms with E-state index < -0.39 is 0 Å². The summed E-state index contributed by atoms with van der Waals surface area (Å²) >= 11 is 6.88. The third kappa shape index (κ3) is 2.91. The van der Waals surface area contributed by atoms with Gasteiger partial charge in [-0.15, -0.1) is 0 Å². The summed E-state index contributed by atoms with van der Waals surface area (Å²) in [7, 11) is 0. The van der Waals surface area contributed by atoms with Gasteiger partial charge in [-0.05, 0) is 30.5 Å². The fourth-order valence-corrected chi connectivity index (χ4v) is 2.91. The molecule has 1 aromatic rings. The first-order chi connectivity index (χ1) is 8.11. The van der Waals surface area contributed by atoms with Crippen molar-refractivity contribution in [3.05, 3.63) is 34.3 Å². The normalized spacial score (nSPS) is 21.9. The highest BCUT2D eigenvalue weighted by molar-refractivity contribution is 9.10. The minimum absolute atomic E-state index is 0.166. The summed E-state index contributed by atoms with van der Waals surface area (Å²) in [5.74, 6) is 0.727. The Morgan fingerprint density at radius 3 is 2.59 bits per heavy atom. The maximum Gasteiger partial charge on any atom is 0.223 e. The largest absolute Gasteiger partial charge is 0.336 e. The molecule has 1 aliphatic heterocycles. The molecule has 17 heavy (non-hydrogen) atoms. The number of nitrogens with zero attached hydrogens (tertiary/aromatic N) is 1. The number of hydrogen-bond acceptors (Lipinski definition) is 1. The first kappa shape index (κ1) is 13.1. The number of likely N-dealkylation sites (tertiary alicyclic amines) is 1. The predicted octanol–water partition coefficient (Wildman–Crippen LogP) is 3.75. The van der Waals surface area contributed by atoms with E-state index in [1.54, 1.807) is 0 Å². The van der Waals surface area contributed by atoms with E-state index in [4.69, 9.17) is 0 Å². The van der Waals surface area contributed by atoms with Gasteiger partial charge in [0.15, 0.2) is 0 Å². The van der Waals surface area contributed by atoms with Crippen LogP contribution in [0.1, 0.15) is 24.9 Å². The minimum atomic E-state index is 0.166. The Bertz CT molecular complexity index is 404. The van der Waals surface area contributed by atoms with Gasteiger partial charge in [-0.3, -0.25) is 4.79 Å². The molecular formula is C13H15Br2NO. The monoisotopic (exact) mass is 359 g/mol. The molecule has 1 aromatic carbocycles. The van der Waals surface area contributed by atoms with E-state index in [-0.39, 0.29) is 11.9 Å². The zero-order valence-electron chi connectivity index (χ0n) is 9.70. The standard InChI is InChI=1S/C13H15Br2NO/c1-9(11-2-4-12(15)5-3-11)16-8-10(7-14)6-13(16)17/h2-5,9-10H,6-8H2,1H3/t9-,10?/m0/s1. The zero-order valence-corrected chi connectivity index (χ0v) is 12.9. The molecule has 2 rings (SSSR count). The van der Waals surface area contributed by atoms with Gasteiger partial charge < -0.3 is 4.90 Å². The van der Waals surface area contributed by atoms with Crippen LogP contribution >= 0.6 is 31.9 Å². The molecule has 1 heterocycles. The van der Waals surface area contributed by atoms with Gasteiger partial charge in [0, 0.05) is 22.8 Å². The van der Waals surface area contributed by atoms with Gasteiger partial charge in [0.25, 0.3) is 0 Å². The average Bonchev–Trinajstić information content (AvgIpc) is 2.71. The zero-order chi connectivity index (χ0) is 12.4. The Labute approximate surface area is 119 Å². The summed E-state index contributed by atoms with van der Waals surface area (Å²) in [6.45, 7) is 2.96. The van der Waals surface area contributed by atoms with Crippen LogP contribution in [0.25, 0.3) is 0 Å². The Morgan fingerprint density at radius 1 is 1.41 bits per heavy atom. The Kier molecular flexibility index (Phi) is 4.26. The van der Waals surface area contributed by atoms with Crippen molar-refractivity contribution in [3.63, 3.8) is 0 Å². The molecule has 1 fully saturated rings. The molecule has 4 heteroatoms. The van der Waals surface area contributed by atoms with Gasteiger partial charge in [-0.2, -0.15) is 0 Å². The lowest BCUT2D eigenvalue weighted by atomic mass is 10.1. The van der Waals surface area contributed by atoms with Crippen LogP contribution in [0, 0.1) is 5.92 Å². The fraction of sp³-hybridized carbons (Fsp3) is 0.462. The summed E-state index contributed by atoms with van der Waals surface area (Å²) in [6.07, 6.45) is 0.673. The predicted molar refractivity (Wildman–Crippen MR) is 76.2 cm³/mol. The van der Waals surface area contributed by atoms with E-state index in [1.165, 1.54) is 5.56 Å². The molecule has 1 aliphatic rings. The maximum atomic E-state index is 11.9. The molecule has 0 aromatic heterocycles. The van der Waals surface area contributed by atoms with Crippen LogP contribution in [0.5, 0.6) is 0 Å². The average molecular weight is 361 g/mol. The Morgan fingerprint density at radius 2 is 2.06 bits per heavy atom. The first-order valence-corrected chi connectivity index (χ1v) is 7.64. The van der Waals surface area contributed by atoms with Crippen LogP contribution in [0.3, 0.4) is 0 Å². The Balaban J connectivity index is 2.12. The third-order valence-electron chi connectivity index (χ3n) is 3.28. The molecule has 0 spiro atoms. The molecule has 2 atom stereocenters. The van der Waals surface area contributed by atoms with Gasteiger partial charge in [0.05, 0.1) is 6.04 Å². The summed E-state index contributed by atoms with van der Waals surface area (Å²) in [5.41, 5.74) is 1.19. The highest BCUT2D eigenvalue weighted by Crippen LogP contribution is 2.29. The van der Waals surface area contributed by atoms with Gasteiger partial charge >= 0.3 is 0 Å². The maximum absolute atomic E-state index is 11.9. The van der Waals surface area contributed by atoms with Crippen LogP contribution in [-0.2, 0) is 4.79 Å². The molecule has 1 saturated heterocycles. The van der Waals surface area contributed by atoms with Crippen LogP contribution in [0.2, 0.25) is 0 Å². The summed E-state index contributed by atoms with van der Waals surface area (Å²) in [4.78, 5) is 13.9. The number of halogens is 2. The van der Waals surface area contributed by atoms with Gasteiger partial charge in [-0.1, -0.05) is 44.0 Å². The van der Waals surface area contributed by atoms with Crippen molar-refractivity contribution >= 4 is 37.8 Å². The number of amides is 1. The van der Waals surface area contributed by atoms with Crippen molar-refractivity contribution in [1.82, 2.24) is 4.90 Å². The van der Waals surface area contributed by atoms with Gasteiger partial charge in [0.1, 0.15) is 0 Å². The lowest BCUT2D eigenvalue weighted by Gasteiger charge is -2.25. The van der Waals surface area contributed by atoms with Gasteiger partial charge in [-0.25, -0.2) is 0 Å². The fourth-order valence-electron chi connectivity index (χ4n) is 2.21. The topological polar surface area (TPSA) is 20.3 Å². The van der Waals surface area contributed by atoms with Crippen molar-refractivity contribution in [3.8, 4) is 0 Å². The third-order valence-corrected chi connectivity index (χ3v) is 4.72. The van der Waals surface area contributed by atoms with Crippen LogP contribution in [0.4, 0.5) is 0 Å².